The maximum absolute atomic E-state index is 13.4. The van der Waals surface area contributed by atoms with Crippen molar-refractivity contribution in [1.29, 1.82) is 0 Å². The van der Waals surface area contributed by atoms with Crippen LogP contribution in [0.5, 0.6) is 5.75 Å². The van der Waals surface area contributed by atoms with Crippen molar-refractivity contribution in [1.82, 2.24) is 10.3 Å². The third-order valence-electron chi connectivity index (χ3n) is 5.32. The van der Waals surface area contributed by atoms with E-state index in [1.165, 1.54) is 24.3 Å². The van der Waals surface area contributed by atoms with Crippen molar-refractivity contribution in [3.05, 3.63) is 64.7 Å². The van der Waals surface area contributed by atoms with Crippen LogP contribution in [0.2, 0.25) is 5.02 Å². The highest BCUT2D eigenvalue weighted by molar-refractivity contribution is 7.90. The number of hydrogen-bond donors (Lipinski definition) is 5. The van der Waals surface area contributed by atoms with E-state index in [4.69, 9.17) is 17.3 Å². The minimum Gasteiger partial charge on any atom is -0.507 e. The van der Waals surface area contributed by atoms with Crippen LogP contribution in [0.15, 0.2) is 48.5 Å². The number of alkyl halides is 1. The van der Waals surface area contributed by atoms with Crippen LogP contribution in [0.25, 0.3) is 11.3 Å². The number of nitrogen functional groups attached to an aromatic ring is 1. The Morgan fingerprint density at radius 2 is 1.94 bits per heavy atom. The Morgan fingerprint density at radius 1 is 1.19 bits per heavy atom. The average molecular weight is 537 g/mol. The van der Waals surface area contributed by atoms with E-state index in [0.717, 1.165) is 6.26 Å². The number of sulfone groups is 1. The molecule has 0 unspecified atom stereocenters. The molecule has 1 aromatic heterocycles. The zero-order valence-electron chi connectivity index (χ0n) is 19.3. The molecule has 6 N–H and O–H groups in total. The third kappa shape index (κ3) is 7.06. The molecule has 3 aromatic rings. The number of phenols is 1. The number of aromatic nitrogens is 1. The number of halogens is 2. The summed E-state index contributed by atoms with van der Waals surface area (Å²) < 4.78 is 36.1. The Hall–Kier alpha value is -3.41. The minimum absolute atomic E-state index is 0.0269. The molecule has 0 spiro atoms. The molecule has 12 heteroatoms. The standard InChI is InChI=1S/C24H26ClFN4O5S/c1-36(34,35)9-8-17(13-31)29-24(33)18-4-6-21(30-23(18)27)19-11-16(3-7-22(19)32)28-20-5-2-15(25)10-14(20)12-26/h2-7,10-11,17,28,31-32H,8-9,12-13H2,1H3,(H2,27,30)(H,29,33)/t17-/m0/s1. The molecule has 0 saturated heterocycles. The van der Waals surface area contributed by atoms with Crippen molar-refractivity contribution in [2.45, 2.75) is 19.1 Å². The lowest BCUT2D eigenvalue weighted by Crippen LogP contribution is -2.39. The Balaban J connectivity index is 1.82. The van der Waals surface area contributed by atoms with Gasteiger partial charge in [0.25, 0.3) is 5.91 Å². The fourth-order valence-corrected chi connectivity index (χ4v) is 4.32. The van der Waals surface area contributed by atoms with Gasteiger partial charge >= 0.3 is 0 Å². The molecule has 1 atom stereocenters. The first kappa shape index (κ1) is 27.2. The number of aliphatic hydroxyl groups is 1. The summed E-state index contributed by atoms with van der Waals surface area (Å²) in [5, 5.41) is 25.9. The second kappa shape index (κ2) is 11.5. The van der Waals surface area contributed by atoms with Crippen LogP contribution in [-0.2, 0) is 16.5 Å². The largest absolute Gasteiger partial charge is 0.507 e. The van der Waals surface area contributed by atoms with Crippen molar-refractivity contribution in [2.24, 2.45) is 0 Å². The van der Waals surface area contributed by atoms with Crippen LogP contribution in [0.4, 0.5) is 21.6 Å². The van der Waals surface area contributed by atoms with E-state index in [2.05, 4.69) is 15.6 Å². The first-order chi connectivity index (χ1) is 17.0. The third-order valence-corrected chi connectivity index (χ3v) is 6.54. The highest BCUT2D eigenvalue weighted by atomic mass is 35.5. The summed E-state index contributed by atoms with van der Waals surface area (Å²) in [6.07, 6.45) is 1.11. The number of nitrogens with two attached hydrogens (primary N) is 1. The van der Waals surface area contributed by atoms with Crippen LogP contribution in [0.1, 0.15) is 22.3 Å². The van der Waals surface area contributed by atoms with Gasteiger partial charge in [-0.25, -0.2) is 17.8 Å². The molecule has 3 rings (SSSR count). The second-order valence-corrected chi connectivity index (χ2v) is 10.9. The quantitative estimate of drug-likeness (QED) is 0.247. The fourth-order valence-electron chi connectivity index (χ4n) is 3.41. The Bertz CT molecular complexity index is 1370. The van der Waals surface area contributed by atoms with Crippen LogP contribution in [0.3, 0.4) is 0 Å². The van der Waals surface area contributed by atoms with Gasteiger partial charge in [0.1, 0.15) is 28.1 Å². The first-order valence-corrected chi connectivity index (χ1v) is 13.3. The molecular formula is C24H26ClFN4O5S. The van der Waals surface area contributed by atoms with Crippen LogP contribution >= 0.6 is 11.6 Å². The highest BCUT2D eigenvalue weighted by Gasteiger charge is 2.19. The van der Waals surface area contributed by atoms with Gasteiger partial charge in [0.05, 0.1) is 29.7 Å². The smallest absolute Gasteiger partial charge is 0.255 e. The number of nitrogens with one attached hydrogen (secondary N) is 2. The summed E-state index contributed by atoms with van der Waals surface area (Å²) >= 11 is 5.93. The van der Waals surface area contributed by atoms with E-state index in [9.17, 15) is 27.8 Å². The van der Waals surface area contributed by atoms with Gasteiger partial charge in [0, 0.05) is 33.8 Å². The number of carbonyl (C=O) groups is 1. The topological polar surface area (TPSA) is 155 Å². The number of hydrogen-bond acceptors (Lipinski definition) is 8. The molecule has 192 valence electrons. The van der Waals surface area contributed by atoms with E-state index in [1.54, 1.807) is 24.3 Å². The number of anilines is 3. The highest BCUT2D eigenvalue weighted by Crippen LogP contribution is 2.33. The van der Waals surface area contributed by atoms with Gasteiger partial charge in [-0.05, 0) is 55.0 Å². The monoisotopic (exact) mass is 536 g/mol. The van der Waals surface area contributed by atoms with Crippen LogP contribution in [-0.4, -0.2) is 54.2 Å². The van der Waals surface area contributed by atoms with E-state index < -0.39 is 35.1 Å². The van der Waals surface area contributed by atoms with E-state index in [-0.39, 0.29) is 35.0 Å². The summed E-state index contributed by atoms with van der Waals surface area (Å²) in [6, 6.07) is 11.5. The van der Waals surface area contributed by atoms with Gasteiger partial charge in [-0.1, -0.05) is 11.6 Å². The van der Waals surface area contributed by atoms with Gasteiger partial charge < -0.3 is 26.6 Å². The SMILES string of the molecule is CS(=O)(=O)CC[C@@H](CO)NC(=O)c1ccc(-c2cc(Nc3ccc(Cl)cc3CF)ccc2O)nc1N. The zero-order valence-corrected chi connectivity index (χ0v) is 20.9. The lowest BCUT2D eigenvalue weighted by molar-refractivity contribution is 0.0915. The molecule has 1 heterocycles. The number of aromatic hydroxyl groups is 1. The summed E-state index contributed by atoms with van der Waals surface area (Å²) in [5.74, 6) is -1.04. The minimum atomic E-state index is -3.26. The van der Waals surface area contributed by atoms with E-state index >= 15 is 0 Å². The molecule has 0 aliphatic heterocycles. The van der Waals surface area contributed by atoms with E-state index in [1.807, 2.05) is 0 Å². The van der Waals surface area contributed by atoms with Gasteiger partial charge in [-0.3, -0.25) is 4.79 Å². The number of benzene rings is 2. The summed E-state index contributed by atoms with van der Waals surface area (Å²) in [7, 11) is -3.26. The van der Waals surface area contributed by atoms with Crippen LogP contribution < -0.4 is 16.4 Å². The maximum atomic E-state index is 13.4. The number of rotatable bonds is 10. The predicted molar refractivity (Wildman–Crippen MR) is 138 cm³/mol. The Kier molecular flexibility index (Phi) is 8.72. The fraction of sp³-hybridized carbons (Fsp3) is 0.250. The lowest BCUT2D eigenvalue weighted by Gasteiger charge is -2.17. The molecule has 1 amide bonds. The molecule has 0 aliphatic rings. The Morgan fingerprint density at radius 3 is 2.58 bits per heavy atom. The second-order valence-electron chi connectivity index (χ2n) is 8.19. The number of aliphatic hydroxyl groups excluding tert-OH is 1. The van der Waals surface area contributed by atoms with Gasteiger partial charge in [0.2, 0.25) is 0 Å². The van der Waals surface area contributed by atoms with Crippen molar-refractivity contribution in [3.8, 4) is 17.0 Å². The maximum Gasteiger partial charge on any atom is 0.255 e. The van der Waals surface area contributed by atoms with E-state index in [0.29, 0.717) is 27.5 Å². The van der Waals surface area contributed by atoms with Crippen molar-refractivity contribution in [2.75, 3.05) is 29.7 Å². The number of amides is 1. The molecule has 0 bridgehead atoms. The molecule has 0 fully saturated rings. The molecule has 0 saturated carbocycles. The average Bonchev–Trinajstić information content (AvgIpc) is 2.83. The van der Waals surface area contributed by atoms with Crippen molar-refractivity contribution in [3.63, 3.8) is 0 Å². The predicted octanol–water partition coefficient (Wildman–Crippen LogP) is 3.43. The van der Waals surface area contributed by atoms with Crippen molar-refractivity contribution < 1.29 is 27.8 Å². The molecule has 0 radical (unpaired) electrons. The first-order valence-electron chi connectivity index (χ1n) is 10.8. The van der Waals surface area contributed by atoms with Gasteiger partial charge in [-0.2, -0.15) is 0 Å². The number of pyridine rings is 1. The Labute approximate surface area is 213 Å². The summed E-state index contributed by atoms with van der Waals surface area (Å²) in [6.45, 7) is -1.17. The molecule has 9 nitrogen and oxygen atoms in total. The molecule has 36 heavy (non-hydrogen) atoms. The molecule has 0 aliphatic carbocycles. The van der Waals surface area contributed by atoms with Crippen LogP contribution in [0, 0.1) is 0 Å². The molecular weight excluding hydrogens is 511 g/mol. The normalized spacial score (nSPS) is 12.2. The summed E-state index contributed by atoms with van der Waals surface area (Å²) in [5.41, 5.74) is 8.04. The van der Waals surface area contributed by atoms with Gasteiger partial charge in [-0.15, -0.1) is 0 Å². The van der Waals surface area contributed by atoms with Gasteiger partial charge in [0.15, 0.2) is 0 Å². The summed E-state index contributed by atoms with van der Waals surface area (Å²) in [4.78, 5) is 16.9. The number of phenolic OH excluding ortho intramolecular Hbond substituents is 1. The zero-order chi connectivity index (χ0) is 26.5. The lowest BCUT2D eigenvalue weighted by atomic mass is 10.1. The molecule has 2 aromatic carbocycles. The number of nitrogens with zero attached hydrogens (tertiary/aromatic N) is 1. The van der Waals surface area contributed by atoms with Crippen molar-refractivity contribution >= 4 is 44.5 Å². The number of carbonyl (C=O) groups excluding carboxylic acids is 1.